The van der Waals surface area contributed by atoms with Crippen LogP contribution in [0, 0.1) is 11.6 Å². The normalized spacial score (nSPS) is 14.6. The van der Waals surface area contributed by atoms with Crippen molar-refractivity contribution < 1.29 is 23.1 Å². The van der Waals surface area contributed by atoms with Crippen LogP contribution in [0.5, 0.6) is 0 Å². The second-order valence-corrected chi connectivity index (χ2v) is 6.58. The third-order valence-electron chi connectivity index (χ3n) is 4.64. The monoisotopic (exact) mass is 388 g/mol. The van der Waals surface area contributed by atoms with E-state index in [1.807, 2.05) is 0 Å². The lowest BCUT2D eigenvalue weighted by Gasteiger charge is -2.26. The Morgan fingerprint density at radius 3 is 2.46 bits per heavy atom. The number of nitrogens with one attached hydrogen (secondary N) is 1. The van der Waals surface area contributed by atoms with Crippen LogP contribution in [0.25, 0.3) is 0 Å². The fourth-order valence-corrected chi connectivity index (χ4v) is 3.16. The van der Waals surface area contributed by atoms with Gasteiger partial charge >= 0.3 is 0 Å². The Bertz CT molecular complexity index is 851. The van der Waals surface area contributed by atoms with Gasteiger partial charge in [0.2, 0.25) is 0 Å². The molecule has 5 nitrogen and oxygen atoms in total. The number of nitrogens with zero attached hydrogens (tertiary/aromatic N) is 1. The summed E-state index contributed by atoms with van der Waals surface area (Å²) < 4.78 is 33.4. The van der Waals surface area contributed by atoms with E-state index in [4.69, 9.17) is 4.74 Å². The van der Waals surface area contributed by atoms with Crippen molar-refractivity contribution in [3.63, 3.8) is 0 Å². The molecule has 0 bridgehead atoms. The number of hydrogen-bond acceptors (Lipinski definition) is 4. The summed E-state index contributed by atoms with van der Waals surface area (Å²) in [5.74, 6) is -2.52. The van der Waals surface area contributed by atoms with Gasteiger partial charge in [-0.05, 0) is 37.2 Å². The van der Waals surface area contributed by atoms with E-state index in [1.54, 1.807) is 0 Å². The molecule has 148 valence electrons. The number of anilines is 1. The predicted octanol–water partition coefficient (Wildman–Crippen LogP) is 3.51. The van der Waals surface area contributed by atoms with Gasteiger partial charge in [0.15, 0.2) is 5.78 Å². The van der Waals surface area contributed by atoms with Crippen LogP contribution >= 0.6 is 0 Å². The van der Waals surface area contributed by atoms with E-state index in [1.165, 1.54) is 36.4 Å². The van der Waals surface area contributed by atoms with Crippen molar-refractivity contribution in [3.8, 4) is 0 Å². The Morgan fingerprint density at radius 1 is 1.00 bits per heavy atom. The van der Waals surface area contributed by atoms with Gasteiger partial charge in [0.25, 0.3) is 5.91 Å². The van der Waals surface area contributed by atoms with Crippen LogP contribution in [0.2, 0.25) is 0 Å². The molecule has 1 N–H and O–H groups in total. The van der Waals surface area contributed by atoms with Crippen molar-refractivity contribution in [2.75, 3.05) is 38.2 Å². The lowest BCUT2D eigenvalue weighted by atomic mass is 10.0. The first-order valence-corrected chi connectivity index (χ1v) is 9.24. The molecule has 1 aliphatic rings. The van der Waals surface area contributed by atoms with Gasteiger partial charge in [-0.2, -0.15) is 0 Å². The maximum atomic E-state index is 14.3. The molecule has 7 heteroatoms. The van der Waals surface area contributed by atoms with Crippen LogP contribution in [0.1, 0.15) is 33.6 Å². The zero-order valence-corrected chi connectivity index (χ0v) is 15.4. The second-order valence-electron chi connectivity index (χ2n) is 6.58. The Balaban J connectivity index is 1.68. The third kappa shape index (κ3) is 4.99. The molecule has 1 saturated heterocycles. The number of rotatable bonds is 7. The second kappa shape index (κ2) is 9.52. The molecular formula is C21H22F2N2O3. The third-order valence-corrected chi connectivity index (χ3v) is 4.64. The highest BCUT2D eigenvalue weighted by molar-refractivity contribution is 6.09. The van der Waals surface area contributed by atoms with Gasteiger partial charge in [-0.1, -0.05) is 18.2 Å². The molecule has 0 spiro atoms. The van der Waals surface area contributed by atoms with Crippen LogP contribution in [0.4, 0.5) is 14.5 Å². The Labute approximate surface area is 162 Å². The summed E-state index contributed by atoms with van der Waals surface area (Å²) in [4.78, 5) is 27.1. The predicted molar refractivity (Wildman–Crippen MR) is 102 cm³/mol. The van der Waals surface area contributed by atoms with Crippen molar-refractivity contribution in [1.82, 2.24) is 4.90 Å². The fourth-order valence-electron chi connectivity index (χ4n) is 3.16. The molecular weight excluding hydrogens is 366 g/mol. The van der Waals surface area contributed by atoms with Gasteiger partial charge < -0.3 is 10.1 Å². The highest BCUT2D eigenvalue weighted by Crippen LogP contribution is 2.23. The SMILES string of the molecule is O=C(Nc1cccc(F)c1C(=O)CCCN1CCOCC1)c1ccccc1F. The minimum atomic E-state index is -0.730. The van der Waals surface area contributed by atoms with Gasteiger partial charge in [-0.3, -0.25) is 14.5 Å². The first kappa shape index (κ1) is 20.1. The molecule has 28 heavy (non-hydrogen) atoms. The highest BCUT2D eigenvalue weighted by Gasteiger charge is 2.20. The quantitative estimate of drug-likeness (QED) is 0.738. The summed E-state index contributed by atoms with van der Waals surface area (Å²) in [6.07, 6.45) is 0.731. The molecule has 0 atom stereocenters. The number of carbonyl (C=O) groups excluding carboxylic acids is 2. The van der Waals surface area contributed by atoms with Crippen LogP contribution in [-0.2, 0) is 4.74 Å². The summed E-state index contributed by atoms with van der Waals surface area (Å²) in [7, 11) is 0. The van der Waals surface area contributed by atoms with E-state index in [0.717, 1.165) is 25.7 Å². The lowest BCUT2D eigenvalue weighted by molar-refractivity contribution is 0.0371. The minimum absolute atomic E-state index is 0.0459. The van der Waals surface area contributed by atoms with Crippen molar-refractivity contribution in [2.45, 2.75) is 12.8 Å². The highest BCUT2D eigenvalue weighted by atomic mass is 19.1. The van der Waals surface area contributed by atoms with E-state index in [-0.39, 0.29) is 23.2 Å². The maximum Gasteiger partial charge on any atom is 0.258 e. The molecule has 0 unspecified atom stereocenters. The van der Waals surface area contributed by atoms with Crippen LogP contribution in [0.3, 0.4) is 0 Å². The zero-order valence-electron chi connectivity index (χ0n) is 15.4. The summed E-state index contributed by atoms with van der Waals surface area (Å²) in [6.45, 7) is 3.71. The van der Waals surface area contributed by atoms with Gasteiger partial charge in [-0.15, -0.1) is 0 Å². The van der Waals surface area contributed by atoms with Crippen molar-refractivity contribution in [2.24, 2.45) is 0 Å². The first-order chi connectivity index (χ1) is 13.6. The summed E-state index contributed by atoms with van der Waals surface area (Å²) in [6, 6.07) is 9.51. The molecule has 0 aliphatic carbocycles. The largest absolute Gasteiger partial charge is 0.379 e. The number of ether oxygens (including phenoxy) is 1. The lowest BCUT2D eigenvalue weighted by Crippen LogP contribution is -2.37. The number of Topliss-reactive ketones (excluding diaryl/α,β-unsaturated/α-hetero) is 1. The summed E-state index contributed by atoms with van der Waals surface area (Å²) in [5, 5.41) is 2.46. The number of amides is 1. The maximum absolute atomic E-state index is 14.3. The van der Waals surface area contributed by atoms with Crippen LogP contribution in [-0.4, -0.2) is 49.4 Å². The summed E-state index contributed by atoms with van der Waals surface area (Å²) >= 11 is 0. The van der Waals surface area contributed by atoms with Crippen molar-refractivity contribution in [1.29, 1.82) is 0 Å². The smallest absolute Gasteiger partial charge is 0.258 e. The average Bonchev–Trinajstić information content (AvgIpc) is 2.69. The van der Waals surface area contributed by atoms with Crippen molar-refractivity contribution in [3.05, 3.63) is 65.2 Å². The van der Waals surface area contributed by atoms with Gasteiger partial charge in [-0.25, -0.2) is 8.78 Å². The number of ketones is 1. The molecule has 3 rings (SSSR count). The van der Waals surface area contributed by atoms with E-state index in [2.05, 4.69) is 10.2 Å². The molecule has 0 aromatic heterocycles. The Morgan fingerprint density at radius 2 is 1.71 bits per heavy atom. The molecule has 1 aliphatic heterocycles. The molecule has 0 radical (unpaired) electrons. The minimum Gasteiger partial charge on any atom is -0.379 e. The molecule has 1 fully saturated rings. The van der Waals surface area contributed by atoms with Crippen molar-refractivity contribution >= 4 is 17.4 Å². The number of halogens is 2. The molecule has 1 amide bonds. The molecule has 2 aromatic carbocycles. The van der Waals surface area contributed by atoms with Gasteiger partial charge in [0, 0.05) is 19.5 Å². The summed E-state index contributed by atoms with van der Waals surface area (Å²) in [5.41, 5.74) is -0.295. The molecule has 2 aromatic rings. The first-order valence-electron chi connectivity index (χ1n) is 9.24. The van der Waals surface area contributed by atoms with E-state index in [9.17, 15) is 18.4 Å². The van der Waals surface area contributed by atoms with Crippen LogP contribution < -0.4 is 5.32 Å². The van der Waals surface area contributed by atoms with E-state index < -0.39 is 23.3 Å². The molecule has 0 saturated carbocycles. The Kier molecular flexibility index (Phi) is 6.84. The average molecular weight is 388 g/mol. The zero-order chi connectivity index (χ0) is 19.9. The standard InChI is InChI=1S/C21H22F2N2O3/c22-16-6-2-1-5-15(16)21(27)24-18-8-3-7-17(23)20(18)19(26)9-4-10-25-11-13-28-14-12-25/h1-3,5-8H,4,9-14H2,(H,24,27). The number of morpholine rings is 1. The number of hydrogen-bond donors (Lipinski definition) is 1. The Hall–Kier alpha value is -2.64. The van der Waals surface area contributed by atoms with E-state index in [0.29, 0.717) is 19.6 Å². The number of benzene rings is 2. The number of carbonyl (C=O) groups is 2. The fraction of sp³-hybridized carbons (Fsp3) is 0.333. The van der Waals surface area contributed by atoms with Gasteiger partial charge in [0.05, 0.1) is 30.0 Å². The molecule has 1 heterocycles. The topological polar surface area (TPSA) is 58.6 Å². The van der Waals surface area contributed by atoms with E-state index >= 15 is 0 Å². The van der Waals surface area contributed by atoms with Gasteiger partial charge in [0.1, 0.15) is 11.6 Å². The van der Waals surface area contributed by atoms with Crippen LogP contribution in [0.15, 0.2) is 42.5 Å².